The van der Waals surface area contributed by atoms with E-state index in [2.05, 4.69) is 11.9 Å². The Morgan fingerprint density at radius 1 is 1.41 bits per heavy atom. The molecule has 5 nitrogen and oxygen atoms in total. The molecular formula is C12H22N2O3. The first kappa shape index (κ1) is 15.5. The van der Waals surface area contributed by atoms with Crippen LogP contribution in [0.2, 0.25) is 0 Å². The fraction of sp³-hybridized carbons (Fsp3) is 0.667. The number of likely N-dealkylation sites (N-methyl/N-ethyl adjacent to an activating group) is 1. The molecule has 0 aliphatic rings. The number of carbonyl (C=O) groups is 2. The van der Waals surface area contributed by atoms with Crippen LogP contribution < -0.4 is 5.32 Å². The van der Waals surface area contributed by atoms with Crippen molar-refractivity contribution in [3.8, 4) is 0 Å². The Kier molecular flexibility index (Phi) is 6.31. The van der Waals surface area contributed by atoms with E-state index in [0.717, 1.165) is 5.57 Å². The number of nitrogens with zero attached hydrogens (tertiary/aromatic N) is 1. The van der Waals surface area contributed by atoms with Crippen LogP contribution in [0.1, 0.15) is 27.2 Å². The summed E-state index contributed by atoms with van der Waals surface area (Å²) in [4.78, 5) is 24.1. The topological polar surface area (TPSA) is 69.6 Å². The Morgan fingerprint density at radius 2 is 1.94 bits per heavy atom. The van der Waals surface area contributed by atoms with E-state index in [9.17, 15) is 9.59 Å². The van der Waals surface area contributed by atoms with E-state index in [4.69, 9.17) is 5.11 Å². The van der Waals surface area contributed by atoms with Gasteiger partial charge in [0.05, 0.1) is 0 Å². The van der Waals surface area contributed by atoms with Crippen LogP contribution in [0, 0.1) is 5.92 Å². The SMILES string of the molecule is C=C(C)CN(C)C(=O)NC(CC(C)C)C(=O)O. The molecule has 0 saturated carbocycles. The number of carbonyl (C=O) groups excluding carboxylic acids is 1. The van der Waals surface area contributed by atoms with E-state index in [1.807, 2.05) is 20.8 Å². The molecule has 0 bridgehead atoms. The molecular weight excluding hydrogens is 220 g/mol. The number of amides is 2. The van der Waals surface area contributed by atoms with Crippen molar-refractivity contribution in [1.29, 1.82) is 0 Å². The Hall–Kier alpha value is -1.52. The Balaban J connectivity index is 4.39. The van der Waals surface area contributed by atoms with Gasteiger partial charge in [-0.1, -0.05) is 26.0 Å². The molecule has 0 aromatic rings. The van der Waals surface area contributed by atoms with Crippen molar-refractivity contribution < 1.29 is 14.7 Å². The number of aliphatic carboxylic acids is 1. The predicted molar refractivity (Wildman–Crippen MR) is 66.9 cm³/mol. The summed E-state index contributed by atoms with van der Waals surface area (Å²) in [5.74, 6) is -0.793. The number of hydrogen-bond donors (Lipinski definition) is 2. The zero-order valence-corrected chi connectivity index (χ0v) is 11.0. The van der Waals surface area contributed by atoms with Crippen molar-refractivity contribution in [2.45, 2.75) is 33.2 Å². The third-order valence-electron chi connectivity index (χ3n) is 2.16. The van der Waals surface area contributed by atoms with E-state index in [-0.39, 0.29) is 11.9 Å². The zero-order valence-electron chi connectivity index (χ0n) is 11.0. The summed E-state index contributed by atoms with van der Waals surface area (Å²) >= 11 is 0. The van der Waals surface area contributed by atoms with Crippen molar-refractivity contribution in [2.75, 3.05) is 13.6 Å². The summed E-state index contributed by atoms with van der Waals surface area (Å²) in [7, 11) is 1.61. The number of urea groups is 1. The maximum atomic E-state index is 11.7. The van der Waals surface area contributed by atoms with Crippen LogP contribution in [0.5, 0.6) is 0 Å². The molecule has 2 N–H and O–H groups in total. The summed E-state index contributed by atoms with van der Waals surface area (Å²) < 4.78 is 0. The van der Waals surface area contributed by atoms with Gasteiger partial charge in [-0.05, 0) is 19.3 Å². The highest BCUT2D eigenvalue weighted by Crippen LogP contribution is 2.05. The van der Waals surface area contributed by atoms with Gasteiger partial charge in [-0.2, -0.15) is 0 Å². The highest BCUT2D eigenvalue weighted by atomic mass is 16.4. The molecule has 0 saturated heterocycles. The van der Waals surface area contributed by atoms with Crippen molar-refractivity contribution in [3.63, 3.8) is 0 Å². The van der Waals surface area contributed by atoms with Gasteiger partial charge in [0.2, 0.25) is 0 Å². The average molecular weight is 242 g/mol. The van der Waals surface area contributed by atoms with Crippen LogP contribution in [0.15, 0.2) is 12.2 Å². The molecule has 98 valence electrons. The lowest BCUT2D eigenvalue weighted by Gasteiger charge is -2.22. The summed E-state index contributed by atoms with van der Waals surface area (Å²) in [6, 6.07) is -1.23. The average Bonchev–Trinajstić information content (AvgIpc) is 2.14. The molecule has 0 rings (SSSR count). The van der Waals surface area contributed by atoms with Crippen LogP contribution in [0.25, 0.3) is 0 Å². The van der Waals surface area contributed by atoms with Gasteiger partial charge >= 0.3 is 12.0 Å². The van der Waals surface area contributed by atoms with Gasteiger partial charge in [-0.3, -0.25) is 0 Å². The van der Waals surface area contributed by atoms with Crippen molar-refractivity contribution in [1.82, 2.24) is 10.2 Å². The number of carboxylic acid groups (broad SMARTS) is 1. The fourth-order valence-electron chi connectivity index (χ4n) is 1.43. The van der Waals surface area contributed by atoms with Crippen LogP contribution in [0.4, 0.5) is 4.79 Å². The normalized spacial score (nSPS) is 12.1. The van der Waals surface area contributed by atoms with Crippen LogP contribution in [-0.2, 0) is 4.79 Å². The van der Waals surface area contributed by atoms with Gasteiger partial charge in [0.1, 0.15) is 6.04 Å². The van der Waals surface area contributed by atoms with Gasteiger partial charge in [0.15, 0.2) is 0 Å². The molecule has 1 atom stereocenters. The first-order valence-corrected chi connectivity index (χ1v) is 5.62. The highest BCUT2D eigenvalue weighted by Gasteiger charge is 2.22. The Morgan fingerprint density at radius 3 is 2.29 bits per heavy atom. The van der Waals surface area contributed by atoms with E-state index in [1.165, 1.54) is 4.90 Å². The van der Waals surface area contributed by atoms with Gasteiger partial charge in [0, 0.05) is 13.6 Å². The van der Waals surface area contributed by atoms with Gasteiger partial charge in [-0.25, -0.2) is 9.59 Å². The largest absolute Gasteiger partial charge is 0.480 e. The molecule has 2 amide bonds. The molecule has 5 heteroatoms. The first-order chi connectivity index (χ1) is 7.73. The molecule has 0 spiro atoms. The summed E-state index contributed by atoms with van der Waals surface area (Å²) in [5.41, 5.74) is 0.846. The van der Waals surface area contributed by atoms with Gasteiger partial charge < -0.3 is 15.3 Å². The second-order valence-electron chi connectivity index (χ2n) is 4.78. The summed E-state index contributed by atoms with van der Waals surface area (Å²) in [6.45, 7) is 9.76. The molecule has 17 heavy (non-hydrogen) atoms. The summed E-state index contributed by atoms with van der Waals surface area (Å²) in [6.07, 6.45) is 0.419. The van der Waals surface area contributed by atoms with Crippen LogP contribution in [-0.4, -0.2) is 41.6 Å². The molecule has 0 heterocycles. The molecule has 0 aliphatic carbocycles. The Bertz CT molecular complexity index is 300. The van der Waals surface area contributed by atoms with Gasteiger partial charge in [0.25, 0.3) is 0 Å². The quantitative estimate of drug-likeness (QED) is 0.696. The lowest BCUT2D eigenvalue weighted by atomic mass is 10.0. The minimum absolute atomic E-state index is 0.211. The number of carboxylic acids is 1. The van der Waals surface area contributed by atoms with Gasteiger partial charge in [-0.15, -0.1) is 0 Å². The third kappa shape index (κ3) is 6.60. The lowest BCUT2D eigenvalue weighted by molar-refractivity contribution is -0.139. The first-order valence-electron chi connectivity index (χ1n) is 5.62. The van der Waals surface area contributed by atoms with Crippen LogP contribution in [0.3, 0.4) is 0 Å². The zero-order chi connectivity index (χ0) is 13.6. The third-order valence-corrected chi connectivity index (χ3v) is 2.16. The van der Waals surface area contributed by atoms with E-state index in [1.54, 1.807) is 7.05 Å². The lowest BCUT2D eigenvalue weighted by Crippen LogP contribution is -2.47. The molecule has 0 aliphatic heterocycles. The van der Waals surface area contributed by atoms with Crippen molar-refractivity contribution in [3.05, 3.63) is 12.2 Å². The second-order valence-corrected chi connectivity index (χ2v) is 4.78. The molecule has 0 aromatic heterocycles. The summed E-state index contributed by atoms with van der Waals surface area (Å²) in [5, 5.41) is 11.5. The maximum absolute atomic E-state index is 11.7. The maximum Gasteiger partial charge on any atom is 0.326 e. The van der Waals surface area contributed by atoms with E-state index >= 15 is 0 Å². The predicted octanol–water partition coefficient (Wildman–Crippen LogP) is 1.70. The highest BCUT2D eigenvalue weighted by molar-refractivity contribution is 5.82. The smallest absolute Gasteiger partial charge is 0.326 e. The standard InChI is InChI=1S/C12H22N2O3/c1-8(2)6-10(11(15)16)13-12(17)14(5)7-9(3)4/h8,10H,3,6-7H2,1-2,4-5H3,(H,13,17)(H,15,16). The number of nitrogens with one attached hydrogen (secondary N) is 1. The van der Waals surface area contributed by atoms with Crippen LogP contribution >= 0.6 is 0 Å². The Labute approximate surface area is 102 Å². The molecule has 0 fully saturated rings. The monoisotopic (exact) mass is 242 g/mol. The van der Waals surface area contributed by atoms with Crippen molar-refractivity contribution in [2.24, 2.45) is 5.92 Å². The molecule has 1 unspecified atom stereocenters. The number of hydrogen-bond acceptors (Lipinski definition) is 2. The fourth-order valence-corrected chi connectivity index (χ4v) is 1.43. The minimum atomic E-state index is -1.00. The molecule has 0 radical (unpaired) electrons. The van der Waals surface area contributed by atoms with E-state index < -0.39 is 12.0 Å². The second kappa shape index (κ2) is 6.93. The minimum Gasteiger partial charge on any atom is -0.480 e. The van der Waals surface area contributed by atoms with E-state index in [0.29, 0.717) is 13.0 Å². The number of rotatable bonds is 6. The van der Waals surface area contributed by atoms with Crippen molar-refractivity contribution >= 4 is 12.0 Å². The molecule has 0 aromatic carbocycles.